The molecule has 0 aliphatic heterocycles. The average Bonchev–Trinajstić information content (AvgIpc) is 3.12. The lowest BCUT2D eigenvalue weighted by Crippen LogP contribution is -2.16. The van der Waals surface area contributed by atoms with Gasteiger partial charge in [0.1, 0.15) is 5.69 Å². The molecule has 2 aromatic rings. The minimum Gasteiger partial charge on any atom is -0.326 e. The second-order valence-electron chi connectivity index (χ2n) is 5.77. The molecule has 0 aromatic carbocycles. The first kappa shape index (κ1) is 10.4. The summed E-state index contributed by atoms with van der Waals surface area (Å²) in [6.45, 7) is 0. The van der Waals surface area contributed by atoms with E-state index in [9.17, 15) is 0 Å². The van der Waals surface area contributed by atoms with Gasteiger partial charge < -0.3 is 4.57 Å². The molecule has 2 aromatic heterocycles. The van der Waals surface area contributed by atoms with Crippen molar-refractivity contribution < 1.29 is 0 Å². The van der Waals surface area contributed by atoms with Crippen LogP contribution in [0.4, 0.5) is 0 Å². The summed E-state index contributed by atoms with van der Waals surface area (Å²) in [4.78, 5) is 4.52. The van der Waals surface area contributed by atoms with Gasteiger partial charge in [-0.3, -0.25) is 4.68 Å². The summed E-state index contributed by atoms with van der Waals surface area (Å²) in [5.74, 6) is 2.86. The third-order valence-electron chi connectivity index (χ3n) is 4.67. The highest BCUT2D eigenvalue weighted by Gasteiger charge is 2.41. The number of rotatable bonds is 2. The summed E-state index contributed by atoms with van der Waals surface area (Å²) >= 11 is 0. The van der Waals surface area contributed by atoms with E-state index in [2.05, 4.69) is 20.8 Å². The Hall–Kier alpha value is -1.58. The van der Waals surface area contributed by atoms with Crippen molar-refractivity contribution >= 4 is 0 Å². The van der Waals surface area contributed by atoms with Gasteiger partial charge in [-0.05, 0) is 37.2 Å². The van der Waals surface area contributed by atoms with Gasteiger partial charge in [-0.25, -0.2) is 4.98 Å². The molecule has 2 saturated carbocycles. The first-order valence-corrected chi connectivity index (χ1v) is 6.84. The molecule has 0 spiro atoms. The highest BCUT2D eigenvalue weighted by Crippen LogP contribution is 2.51. The fraction of sp³-hybridized carbons (Fsp3) is 0.571. The molecule has 4 nitrogen and oxygen atoms in total. The van der Waals surface area contributed by atoms with Crippen molar-refractivity contribution in [2.24, 2.45) is 18.9 Å². The fourth-order valence-electron chi connectivity index (χ4n) is 3.87. The standard InChI is InChI=1S/C14H18N4/c1-17-6-4-12(16-17)14-15-5-7-18(14)13-9-10-2-3-11(13)8-10/h4-7,10-11,13H,2-3,8-9H2,1H3/t10-,11+,13-/m1/s1. The van der Waals surface area contributed by atoms with Crippen LogP contribution < -0.4 is 0 Å². The lowest BCUT2D eigenvalue weighted by Gasteiger charge is -2.24. The maximum atomic E-state index is 4.52. The Balaban J connectivity index is 1.72. The van der Waals surface area contributed by atoms with E-state index < -0.39 is 0 Å². The number of fused-ring (bicyclic) bond motifs is 2. The Kier molecular flexibility index (Phi) is 2.13. The van der Waals surface area contributed by atoms with Gasteiger partial charge in [-0.1, -0.05) is 6.42 Å². The number of aromatic nitrogens is 4. The van der Waals surface area contributed by atoms with E-state index in [1.165, 1.54) is 25.7 Å². The van der Waals surface area contributed by atoms with Crippen LogP contribution in [0.15, 0.2) is 24.7 Å². The molecule has 2 heterocycles. The number of hydrogen-bond donors (Lipinski definition) is 0. The molecule has 0 radical (unpaired) electrons. The quantitative estimate of drug-likeness (QED) is 0.811. The highest BCUT2D eigenvalue weighted by molar-refractivity contribution is 5.49. The Morgan fingerprint density at radius 3 is 2.83 bits per heavy atom. The summed E-state index contributed by atoms with van der Waals surface area (Å²) in [5, 5.41) is 4.48. The summed E-state index contributed by atoms with van der Waals surface area (Å²) < 4.78 is 4.21. The fourth-order valence-corrected chi connectivity index (χ4v) is 3.87. The van der Waals surface area contributed by atoms with Gasteiger partial charge in [0.15, 0.2) is 5.82 Å². The number of imidazole rings is 1. The zero-order valence-corrected chi connectivity index (χ0v) is 10.7. The van der Waals surface area contributed by atoms with Crippen LogP contribution in [0, 0.1) is 11.8 Å². The molecule has 0 unspecified atom stereocenters. The van der Waals surface area contributed by atoms with Crippen LogP contribution in [0.5, 0.6) is 0 Å². The van der Waals surface area contributed by atoms with E-state index in [4.69, 9.17) is 0 Å². The largest absolute Gasteiger partial charge is 0.326 e. The van der Waals surface area contributed by atoms with Crippen molar-refractivity contribution in [2.45, 2.75) is 31.7 Å². The summed E-state index contributed by atoms with van der Waals surface area (Å²) in [6, 6.07) is 2.70. The molecule has 0 amide bonds. The van der Waals surface area contributed by atoms with Crippen LogP contribution in [0.2, 0.25) is 0 Å². The van der Waals surface area contributed by atoms with Crippen LogP contribution in [-0.2, 0) is 7.05 Å². The lowest BCUT2D eigenvalue weighted by molar-refractivity contribution is 0.332. The molecule has 94 valence electrons. The molecule has 4 rings (SSSR count). The predicted octanol–water partition coefficient (Wildman–Crippen LogP) is 2.64. The Morgan fingerprint density at radius 2 is 2.17 bits per heavy atom. The van der Waals surface area contributed by atoms with E-state index in [0.717, 1.165) is 23.4 Å². The SMILES string of the molecule is Cn1ccc(-c2nccn2[C@@H]2C[C@@H]3CC[C@H]2C3)n1. The van der Waals surface area contributed by atoms with E-state index in [1.807, 2.05) is 30.2 Å². The van der Waals surface area contributed by atoms with Crippen molar-refractivity contribution in [3.05, 3.63) is 24.7 Å². The van der Waals surface area contributed by atoms with Gasteiger partial charge in [-0.2, -0.15) is 5.10 Å². The molecule has 2 aliphatic carbocycles. The molecule has 3 atom stereocenters. The first-order chi connectivity index (χ1) is 8.81. The maximum Gasteiger partial charge on any atom is 0.160 e. The number of hydrogen-bond acceptors (Lipinski definition) is 2. The van der Waals surface area contributed by atoms with E-state index in [1.54, 1.807) is 0 Å². The molecule has 0 saturated heterocycles. The van der Waals surface area contributed by atoms with Crippen LogP contribution >= 0.6 is 0 Å². The second-order valence-corrected chi connectivity index (χ2v) is 5.77. The maximum absolute atomic E-state index is 4.52. The molecule has 2 bridgehead atoms. The molecule has 2 aliphatic rings. The smallest absolute Gasteiger partial charge is 0.160 e. The Bertz CT molecular complexity index is 568. The predicted molar refractivity (Wildman–Crippen MR) is 68.9 cm³/mol. The minimum absolute atomic E-state index is 0.656. The Labute approximate surface area is 107 Å². The monoisotopic (exact) mass is 242 g/mol. The van der Waals surface area contributed by atoms with Crippen molar-refractivity contribution in [1.29, 1.82) is 0 Å². The summed E-state index contributed by atoms with van der Waals surface area (Å²) in [5.41, 5.74) is 0.991. The molecule has 18 heavy (non-hydrogen) atoms. The van der Waals surface area contributed by atoms with E-state index in [0.29, 0.717) is 6.04 Å². The zero-order chi connectivity index (χ0) is 12.1. The van der Waals surface area contributed by atoms with E-state index in [-0.39, 0.29) is 0 Å². The van der Waals surface area contributed by atoms with Crippen molar-refractivity contribution in [3.8, 4) is 11.5 Å². The lowest BCUT2D eigenvalue weighted by atomic mass is 9.95. The number of nitrogens with zero attached hydrogens (tertiary/aromatic N) is 4. The van der Waals surface area contributed by atoms with Crippen LogP contribution in [0.3, 0.4) is 0 Å². The normalized spacial score (nSPS) is 30.2. The summed E-state index contributed by atoms with van der Waals surface area (Å²) in [7, 11) is 1.95. The van der Waals surface area contributed by atoms with Crippen LogP contribution in [0.1, 0.15) is 31.7 Å². The Morgan fingerprint density at radius 1 is 1.22 bits per heavy atom. The zero-order valence-electron chi connectivity index (χ0n) is 10.7. The molecule has 4 heteroatoms. The van der Waals surface area contributed by atoms with Crippen molar-refractivity contribution in [3.63, 3.8) is 0 Å². The third kappa shape index (κ3) is 1.44. The van der Waals surface area contributed by atoms with Gasteiger partial charge in [-0.15, -0.1) is 0 Å². The van der Waals surface area contributed by atoms with Crippen LogP contribution in [-0.4, -0.2) is 19.3 Å². The number of aryl methyl sites for hydroxylation is 1. The topological polar surface area (TPSA) is 35.6 Å². The van der Waals surface area contributed by atoms with Gasteiger partial charge in [0, 0.05) is 31.7 Å². The molecule has 2 fully saturated rings. The molecular weight excluding hydrogens is 224 g/mol. The first-order valence-electron chi connectivity index (χ1n) is 6.84. The van der Waals surface area contributed by atoms with Gasteiger partial charge >= 0.3 is 0 Å². The van der Waals surface area contributed by atoms with Crippen molar-refractivity contribution in [2.75, 3.05) is 0 Å². The van der Waals surface area contributed by atoms with Gasteiger partial charge in [0.2, 0.25) is 0 Å². The average molecular weight is 242 g/mol. The summed E-state index contributed by atoms with van der Waals surface area (Å²) in [6.07, 6.45) is 11.6. The third-order valence-corrected chi connectivity index (χ3v) is 4.67. The molecule has 0 N–H and O–H groups in total. The van der Waals surface area contributed by atoms with Gasteiger partial charge in [0.25, 0.3) is 0 Å². The minimum atomic E-state index is 0.656. The second kappa shape index (κ2) is 3.70. The van der Waals surface area contributed by atoms with Crippen LogP contribution in [0.25, 0.3) is 11.5 Å². The van der Waals surface area contributed by atoms with Gasteiger partial charge in [0.05, 0.1) is 0 Å². The van der Waals surface area contributed by atoms with E-state index >= 15 is 0 Å². The molecular formula is C14H18N4. The highest BCUT2D eigenvalue weighted by atomic mass is 15.3. The van der Waals surface area contributed by atoms with Crippen molar-refractivity contribution in [1.82, 2.24) is 19.3 Å².